The van der Waals surface area contributed by atoms with Gasteiger partial charge in [-0.25, -0.2) is 19.9 Å². The van der Waals surface area contributed by atoms with E-state index in [1.54, 1.807) is 0 Å². The fourth-order valence-electron chi connectivity index (χ4n) is 6.91. The Bertz CT molecular complexity index is 2660. The highest BCUT2D eigenvalue weighted by Crippen LogP contribution is 2.40. The Morgan fingerprint density at radius 2 is 0.827 bits per heavy atom. The van der Waals surface area contributed by atoms with Crippen molar-refractivity contribution in [3.05, 3.63) is 181 Å². The maximum Gasteiger partial charge on any atom is 0.164 e. The lowest BCUT2D eigenvalue weighted by molar-refractivity contribution is 1.07. The van der Waals surface area contributed by atoms with Gasteiger partial charge in [-0.05, 0) is 54.3 Å². The van der Waals surface area contributed by atoms with Crippen LogP contribution in [-0.4, -0.2) is 19.9 Å². The van der Waals surface area contributed by atoms with Gasteiger partial charge >= 0.3 is 0 Å². The molecule has 0 bridgehead atoms. The lowest BCUT2D eigenvalue weighted by atomic mass is 9.91. The van der Waals surface area contributed by atoms with Crippen molar-refractivity contribution < 1.29 is 0 Å². The number of hydrogen-bond donors (Lipinski definition) is 0. The van der Waals surface area contributed by atoms with Crippen LogP contribution in [0.2, 0.25) is 0 Å². The van der Waals surface area contributed by atoms with E-state index >= 15 is 0 Å². The zero-order valence-electron chi connectivity index (χ0n) is 29.0. The summed E-state index contributed by atoms with van der Waals surface area (Å²) in [4.78, 5) is 20.3. The van der Waals surface area contributed by atoms with Crippen molar-refractivity contribution in [2.24, 2.45) is 0 Å². The van der Waals surface area contributed by atoms with Crippen LogP contribution in [0, 0.1) is 13.8 Å². The average molecular weight is 667 g/mol. The fraction of sp³-hybridized carbons (Fsp3) is 0.0417. The molecular formula is C48H34N4. The summed E-state index contributed by atoms with van der Waals surface area (Å²) in [5, 5.41) is 3.43. The molecule has 0 aliphatic carbocycles. The minimum Gasteiger partial charge on any atom is -0.247 e. The molecule has 9 aromatic rings. The maximum absolute atomic E-state index is 5.27. The second kappa shape index (κ2) is 13.2. The van der Waals surface area contributed by atoms with Crippen molar-refractivity contribution in [1.29, 1.82) is 0 Å². The Labute approximate surface area is 303 Å². The lowest BCUT2D eigenvalue weighted by Gasteiger charge is -2.15. The average Bonchev–Trinajstić information content (AvgIpc) is 3.21. The van der Waals surface area contributed by atoms with Crippen LogP contribution in [0.5, 0.6) is 0 Å². The molecule has 0 saturated carbocycles. The summed E-state index contributed by atoms with van der Waals surface area (Å²) in [6.07, 6.45) is 0. The van der Waals surface area contributed by atoms with Crippen LogP contribution < -0.4 is 0 Å². The Kier molecular flexibility index (Phi) is 7.90. The van der Waals surface area contributed by atoms with Gasteiger partial charge in [-0.1, -0.05) is 163 Å². The quantitative estimate of drug-likeness (QED) is 0.166. The van der Waals surface area contributed by atoms with Crippen LogP contribution in [0.4, 0.5) is 0 Å². The number of rotatable bonds is 6. The summed E-state index contributed by atoms with van der Waals surface area (Å²) >= 11 is 0. The Morgan fingerprint density at radius 1 is 0.327 bits per heavy atom. The Hall–Kier alpha value is -6.78. The van der Waals surface area contributed by atoms with E-state index in [-0.39, 0.29) is 0 Å². The zero-order valence-corrected chi connectivity index (χ0v) is 29.0. The minimum absolute atomic E-state index is 0.634. The van der Waals surface area contributed by atoms with Crippen LogP contribution in [0.3, 0.4) is 0 Å². The third kappa shape index (κ3) is 5.91. The highest BCUT2D eigenvalue weighted by molar-refractivity contribution is 6.17. The van der Waals surface area contributed by atoms with Crippen LogP contribution in [0.1, 0.15) is 11.1 Å². The molecule has 0 radical (unpaired) electrons. The minimum atomic E-state index is 0.634. The van der Waals surface area contributed by atoms with E-state index in [9.17, 15) is 0 Å². The number of fused-ring (bicyclic) bond motifs is 3. The predicted octanol–water partition coefficient (Wildman–Crippen LogP) is 12.2. The van der Waals surface area contributed by atoms with Crippen molar-refractivity contribution in [3.8, 4) is 67.7 Å². The highest BCUT2D eigenvalue weighted by atomic mass is 15.0. The summed E-state index contributed by atoms with van der Waals surface area (Å²) in [5.74, 6) is 1.93. The topological polar surface area (TPSA) is 51.6 Å². The highest BCUT2D eigenvalue weighted by Gasteiger charge is 2.17. The fourth-order valence-corrected chi connectivity index (χ4v) is 6.91. The first-order valence-electron chi connectivity index (χ1n) is 17.6. The van der Waals surface area contributed by atoms with Crippen molar-refractivity contribution in [1.82, 2.24) is 19.9 Å². The van der Waals surface area contributed by atoms with Gasteiger partial charge in [-0.3, -0.25) is 0 Å². The van der Waals surface area contributed by atoms with Gasteiger partial charge in [0.05, 0.1) is 11.2 Å². The summed E-state index contributed by atoms with van der Waals surface area (Å²) in [6, 6.07) is 59.4. The Morgan fingerprint density at radius 3 is 1.46 bits per heavy atom. The molecule has 0 atom stereocenters. The first-order valence-corrected chi connectivity index (χ1v) is 17.6. The molecule has 9 rings (SSSR count). The van der Waals surface area contributed by atoms with E-state index in [1.165, 1.54) is 27.6 Å². The Balaban J connectivity index is 1.22. The van der Waals surface area contributed by atoms with Crippen LogP contribution >= 0.6 is 0 Å². The molecule has 0 fully saturated rings. The first kappa shape index (κ1) is 31.2. The maximum atomic E-state index is 5.27. The molecule has 52 heavy (non-hydrogen) atoms. The second-order valence-corrected chi connectivity index (χ2v) is 13.3. The SMILES string of the molecule is Cc1ccc(-c2nc(-c3ccc(C)cc3)nc(-c3cccc(-c4ccc5nc(-c6ccccc6)c6cccc(-c7ccccc7)c6c5c4)c3)n2)cc1. The molecule has 0 unspecified atom stereocenters. The number of benzene rings is 7. The number of hydrogen-bond acceptors (Lipinski definition) is 4. The molecule has 2 aromatic heterocycles. The van der Waals surface area contributed by atoms with E-state index in [2.05, 4.69) is 178 Å². The van der Waals surface area contributed by atoms with E-state index in [4.69, 9.17) is 19.9 Å². The van der Waals surface area contributed by atoms with Gasteiger partial charge in [0.15, 0.2) is 17.5 Å². The molecule has 246 valence electrons. The molecule has 0 saturated heterocycles. The monoisotopic (exact) mass is 666 g/mol. The largest absolute Gasteiger partial charge is 0.247 e. The summed E-state index contributed by atoms with van der Waals surface area (Å²) in [5.41, 5.74) is 12.8. The first-order chi connectivity index (χ1) is 25.6. The van der Waals surface area contributed by atoms with Gasteiger partial charge < -0.3 is 0 Å². The van der Waals surface area contributed by atoms with Gasteiger partial charge in [0.1, 0.15) is 0 Å². The molecular weight excluding hydrogens is 633 g/mol. The van der Waals surface area contributed by atoms with Crippen molar-refractivity contribution in [2.45, 2.75) is 13.8 Å². The van der Waals surface area contributed by atoms with Gasteiger partial charge in [-0.15, -0.1) is 0 Å². The van der Waals surface area contributed by atoms with Gasteiger partial charge in [-0.2, -0.15) is 0 Å². The van der Waals surface area contributed by atoms with Crippen LogP contribution in [0.25, 0.3) is 89.4 Å². The summed E-state index contributed by atoms with van der Waals surface area (Å²) in [6.45, 7) is 4.17. The molecule has 0 amide bonds. The number of aromatic nitrogens is 4. The van der Waals surface area contributed by atoms with E-state index in [1.807, 2.05) is 6.07 Å². The van der Waals surface area contributed by atoms with Gasteiger partial charge in [0, 0.05) is 38.4 Å². The number of pyridine rings is 1. The van der Waals surface area contributed by atoms with E-state index in [0.717, 1.165) is 55.4 Å². The third-order valence-electron chi connectivity index (χ3n) is 9.66. The molecule has 4 heteroatoms. The third-order valence-corrected chi connectivity index (χ3v) is 9.66. The second-order valence-electron chi connectivity index (χ2n) is 13.3. The lowest BCUT2D eigenvalue weighted by Crippen LogP contribution is -2.00. The van der Waals surface area contributed by atoms with Crippen molar-refractivity contribution >= 4 is 21.7 Å². The summed E-state index contributed by atoms with van der Waals surface area (Å²) in [7, 11) is 0. The zero-order chi connectivity index (χ0) is 35.0. The number of nitrogens with zero attached hydrogens (tertiary/aromatic N) is 4. The molecule has 7 aromatic carbocycles. The van der Waals surface area contributed by atoms with Crippen LogP contribution in [0.15, 0.2) is 170 Å². The normalized spacial score (nSPS) is 11.3. The molecule has 0 aliphatic heterocycles. The van der Waals surface area contributed by atoms with Crippen molar-refractivity contribution in [2.75, 3.05) is 0 Å². The van der Waals surface area contributed by atoms with Gasteiger partial charge in [0.25, 0.3) is 0 Å². The van der Waals surface area contributed by atoms with E-state index in [0.29, 0.717) is 17.5 Å². The molecule has 0 aliphatic rings. The summed E-state index contributed by atoms with van der Waals surface area (Å²) < 4.78 is 0. The predicted molar refractivity (Wildman–Crippen MR) is 215 cm³/mol. The standard InChI is InChI=1S/C48H34N4/c1-31-19-23-35(24-20-31)46-50-47(36-25-21-32(2)22-26-36)52-48(51-46)39-16-9-15-37(29-39)38-27-28-43-42(30-38)44-40(33-11-5-3-6-12-33)17-10-18-41(44)45(49-43)34-13-7-4-8-14-34/h3-30H,1-2H3. The molecule has 0 spiro atoms. The van der Waals surface area contributed by atoms with Gasteiger partial charge in [0.2, 0.25) is 0 Å². The molecule has 0 N–H and O–H groups in total. The molecule has 2 heterocycles. The number of aryl methyl sites for hydroxylation is 2. The van der Waals surface area contributed by atoms with Crippen molar-refractivity contribution in [3.63, 3.8) is 0 Å². The molecule has 4 nitrogen and oxygen atoms in total. The van der Waals surface area contributed by atoms with E-state index < -0.39 is 0 Å². The smallest absolute Gasteiger partial charge is 0.164 e. The van der Waals surface area contributed by atoms with Crippen LogP contribution in [-0.2, 0) is 0 Å².